The van der Waals surface area contributed by atoms with Gasteiger partial charge in [0.1, 0.15) is 0 Å². The maximum atomic E-state index is 11.2. The molecule has 0 radical (unpaired) electrons. The van der Waals surface area contributed by atoms with Gasteiger partial charge in [-0.1, -0.05) is 0 Å². The molecule has 2 heterocycles. The number of anilines is 1. The van der Waals surface area contributed by atoms with E-state index in [4.69, 9.17) is 4.74 Å². The molecule has 7 nitrogen and oxygen atoms in total. The van der Waals surface area contributed by atoms with Crippen LogP contribution in [0.1, 0.15) is 51.1 Å². The number of nitro groups is 1. The Morgan fingerprint density at radius 3 is 2.54 bits per heavy atom. The largest absolute Gasteiger partial charge is 0.379 e. The van der Waals surface area contributed by atoms with E-state index in [0.717, 1.165) is 51.1 Å². The normalized spacial score (nSPS) is 25.2. The zero-order valence-corrected chi connectivity index (χ0v) is 15.8. The van der Waals surface area contributed by atoms with Crippen molar-refractivity contribution in [2.24, 2.45) is 0 Å². The van der Waals surface area contributed by atoms with Gasteiger partial charge in [0.05, 0.1) is 11.0 Å². The first-order chi connectivity index (χ1) is 12.6. The SMILES string of the molecule is CCO[C@H]1CC[C@H](N2CCC(Nc3nc(C)ccc3[N+](=O)[O-])CC2)CC1. The number of nitrogens with zero attached hydrogens (tertiary/aromatic N) is 3. The molecule has 7 heteroatoms. The van der Waals surface area contributed by atoms with Crippen LogP contribution in [-0.4, -0.2) is 52.7 Å². The lowest BCUT2D eigenvalue weighted by Crippen LogP contribution is -2.46. The van der Waals surface area contributed by atoms with Crippen LogP contribution in [0.2, 0.25) is 0 Å². The standard InChI is InChI=1S/C19H30N4O3/c1-3-26-17-7-5-16(6-8-17)22-12-10-15(11-13-22)21-19-18(23(24)25)9-4-14(2)20-19/h4,9,15-17H,3,5-8,10-13H2,1-2H3,(H,20,21)/t16-,17-. The molecule has 2 fully saturated rings. The number of hydrogen-bond donors (Lipinski definition) is 1. The zero-order valence-electron chi connectivity index (χ0n) is 15.8. The van der Waals surface area contributed by atoms with E-state index >= 15 is 0 Å². The topological polar surface area (TPSA) is 80.5 Å². The molecule has 0 spiro atoms. The molecule has 0 atom stereocenters. The van der Waals surface area contributed by atoms with Gasteiger partial charge in [-0.2, -0.15) is 0 Å². The molecule has 1 aliphatic carbocycles. The van der Waals surface area contributed by atoms with Gasteiger partial charge < -0.3 is 15.0 Å². The van der Waals surface area contributed by atoms with Crippen molar-refractivity contribution < 1.29 is 9.66 Å². The maximum Gasteiger partial charge on any atom is 0.311 e. The number of rotatable bonds is 6. The minimum absolute atomic E-state index is 0.0623. The van der Waals surface area contributed by atoms with Gasteiger partial charge in [0.25, 0.3) is 0 Å². The third-order valence-electron chi connectivity index (χ3n) is 5.64. The number of aromatic nitrogens is 1. The van der Waals surface area contributed by atoms with Crippen molar-refractivity contribution in [2.75, 3.05) is 25.0 Å². The second-order valence-electron chi connectivity index (χ2n) is 7.42. The zero-order chi connectivity index (χ0) is 18.5. The van der Waals surface area contributed by atoms with Crippen molar-refractivity contribution in [1.29, 1.82) is 0 Å². The van der Waals surface area contributed by atoms with Gasteiger partial charge in [0.15, 0.2) is 0 Å². The van der Waals surface area contributed by atoms with Gasteiger partial charge in [0, 0.05) is 43.5 Å². The molecule has 0 bridgehead atoms. The van der Waals surface area contributed by atoms with Crippen molar-refractivity contribution in [3.63, 3.8) is 0 Å². The molecule has 1 saturated heterocycles. The van der Waals surface area contributed by atoms with E-state index < -0.39 is 0 Å². The van der Waals surface area contributed by atoms with Crippen LogP contribution in [0.5, 0.6) is 0 Å². The van der Waals surface area contributed by atoms with Crippen molar-refractivity contribution in [3.8, 4) is 0 Å². The van der Waals surface area contributed by atoms with E-state index in [9.17, 15) is 10.1 Å². The van der Waals surface area contributed by atoms with E-state index in [1.807, 2.05) is 6.92 Å². The number of piperidine rings is 1. The van der Waals surface area contributed by atoms with Gasteiger partial charge in [-0.25, -0.2) is 4.98 Å². The van der Waals surface area contributed by atoms with Crippen LogP contribution in [0.3, 0.4) is 0 Å². The first-order valence-corrected chi connectivity index (χ1v) is 9.81. The number of pyridine rings is 1. The molecular weight excluding hydrogens is 332 g/mol. The van der Waals surface area contributed by atoms with Gasteiger partial charge in [-0.3, -0.25) is 10.1 Å². The van der Waals surface area contributed by atoms with Crippen LogP contribution >= 0.6 is 0 Å². The molecule has 0 unspecified atom stereocenters. The Morgan fingerprint density at radius 1 is 1.23 bits per heavy atom. The van der Waals surface area contributed by atoms with Crippen LogP contribution in [0.25, 0.3) is 0 Å². The van der Waals surface area contributed by atoms with Crippen molar-refractivity contribution in [2.45, 2.75) is 70.6 Å². The summed E-state index contributed by atoms with van der Waals surface area (Å²) in [6.45, 7) is 6.82. The lowest BCUT2D eigenvalue weighted by molar-refractivity contribution is -0.384. The fourth-order valence-corrected chi connectivity index (χ4v) is 4.22. The van der Waals surface area contributed by atoms with E-state index in [1.54, 1.807) is 6.07 Å². The number of aryl methyl sites for hydroxylation is 1. The Hall–Kier alpha value is -1.73. The smallest absolute Gasteiger partial charge is 0.311 e. The van der Waals surface area contributed by atoms with Crippen molar-refractivity contribution in [3.05, 3.63) is 27.9 Å². The highest BCUT2D eigenvalue weighted by Gasteiger charge is 2.30. The Kier molecular flexibility index (Phi) is 6.43. The summed E-state index contributed by atoms with van der Waals surface area (Å²) in [5.74, 6) is 0.408. The highest BCUT2D eigenvalue weighted by molar-refractivity contribution is 5.56. The summed E-state index contributed by atoms with van der Waals surface area (Å²) >= 11 is 0. The van der Waals surface area contributed by atoms with E-state index in [2.05, 4.69) is 22.1 Å². The number of nitrogens with one attached hydrogen (secondary N) is 1. The Morgan fingerprint density at radius 2 is 1.92 bits per heavy atom. The van der Waals surface area contributed by atoms with Crippen LogP contribution in [0.15, 0.2) is 12.1 Å². The number of ether oxygens (including phenoxy) is 1. The lowest BCUT2D eigenvalue weighted by atomic mass is 9.90. The first-order valence-electron chi connectivity index (χ1n) is 9.81. The van der Waals surface area contributed by atoms with Gasteiger partial charge in [-0.15, -0.1) is 0 Å². The molecule has 1 aliphatic heterocycles. The quantitative estimate of drug-likeness (QED) is 0.616. The van der Waals surface area contributed by atoms with Crippen molar-refractivity contribution in [1.82, 2.24) is 9.88 Å². The monoisotopic (exact) mass is 362 g/mol. The average molecular weight is 362 g/mol. The van der Waals surface area contributed by atoms with Crippen molar-refractivity contribution >= 4 is 11.5 Å². The predicted octanol–water partition coefficient (Wildman–Crippen LogP) is 3.52. The summed E-state index contributed by atoms with van der Waals surface area (Å²) in [4.78, 5) is 17.8. The lowest BCUT2D eigenvalue weighted by Gasteiger charge is -2.40. The fourth-order valence-electron chi connectivity index (χ4n) is 4.22. The highest BCUT2D eigenvalue weighted by atomic mass is 16.6. The average Bonchev–Trinajstić information content (AvgIpc) is 2.63. The van der Waals surface area contributed by atoms with Crippen LogP contribution in [0.4, 0.5) is 11.5 Å². The summed E-state index contributed by atoms with van der Waals surface area (Å²) in [5.41, 5.74) is 0.855. The predicted molar refractivity (Wildman–Crippen MR) is 102 cm³/mol. The van der Waals surface area contributed by atoms with Crippen LogP contribution in [0, 0.1) is 17.0 Å². The summed E-state index contributed by atoms with van der Waals surface area (Å²) in [5, 5.41) is 14.5. The van der Waals surface area contributed by atoms with E-state index in [1.165, 1.54) is 18.9 Å². The Bertz CT molecular complexity index is 609. The molecular formula is C19H30N4O3. The molecule has 26 heavy (non-hydrogen) atoms. The Labute approximate surface area is 155 Å². The minimum Gasteiger partial charge on any atom is -0.379 e. The molecule has 1 aromatic heterocycles. The summed E-state index contributed by atoms with van der Waals surface area (Å²) < 4.78 is 5.75. The second-order valence-corrected chi connectivity index (χ2v) is 7.42. The Balaban J connectivity index is 1.50. The third kappa shape index (κ3) is 4.71. The maximum absolute atomic E-state index is 11.2. The molecule has 0 aromatic carbocycles. The molecule has 2 aliphatic rings. The molecule has 1 N–H and O–H groups in total. The molecule has 0 amide bonds. The number of hydrogen-bond acceptors (Lipinski definition) is 6. The van der Waals surface area contributed by atoms with Gasteiger partial charge in [0.2, 0.25) is 5.82 Å². The van der Waals surface area contributed by atoms with Crippen LogP contribution in [-0.2, 0) is 4.74 Å². The molecule has 3 rings (SSSR count). The first kappa shape index (κ1) is 19.0. The number of likely N-dealkylation sites (tertiary alicyclic amines) is 1. The van der Waals surface area contributed by atoms with Gasteiger partial charge >= 0.3 is 5.69 Å². The van der Waals surface area contributed by atoms with Gasteiger partial charge in [-0.05, 0) is 58.4 Å². The fraction of sp³-hybridized carbons (Fsp3) is 0.737. The van der Waals surface area contributed by atoms with E-state index in [-0.39, 0.29) is 16.7 Å². The minimum atomic E-state index is -0.360. The second kappa shape index (κ2) is 8.77. The third-order valence-corrected chi connectivity index (χ3v) is 5.64. The van der Waals surface area contributed by atoms with E-state index in [0.29, 0.717) is 18.0 Å². The molecule has 1 aromatic rings. The molecule has 144 valence electrons. The molecule has 1 saturated carbocycles. The van der Waals surface area contributed by atoms with Crippen LogP contribution < -0.4 is 5.32 Å². The summed E-state index contributed by atoms with van der Waals surface area (Å²) in [6.07, 6.45) is 7.20. The highest BCUT2D eigenvalue weighted by Crippen LogP contribution is 2.29. The summed E-state index contributed by atoms with van der Waals surface area (Å²) in [7, 11) is 0. The summed E-state index contributed by atoms with van der Waals surface area (Å²) in [6, 6.07) is 4.14.